The molecule has 1 unspecified atom stereocenters. The van der Waals surface area contributed by atoms with Crippen LogP contribution in [0.2, 0.25) is 5.02 Å². The summed E-state index contributed by atoms with van der Waals surface area (Å²) in [6, 6.07) is 5.85. The van der Waals surface area contributed by atoms with Crippen LogP contribution in [-0.4, -0.2) is 17.2 Å². The lowest BCUT2D eigenvalue weighted by Gasteiger charge is -2.40. The summed E-state index contributed by atoms with van der Waals surface area (Å²) in [6.07, 6.45) is 4.21. The van der Waals surface area contributed by atoms with Crippen molar-refractivity contribution >= 4 is 17.6 Å². The molecule has 0 heterocycles. The molecule has 1 aromatic rings. The van der Waals surface area contributed by atoms with E-state index in [1.165, 1.54) is 5.56 Å². The fourth-order valence-electron chi connectivity index (χ4n) is 3.80. The molecule has 0 amide bonds. The fraction of sp³-hybridized carbons (Fsp3) is 0.588. The van der Waals surface area contributed by atoms with E-state index >= 15 is 0 Å². The molecule has 1 saturated carbocycles. The van der Waals surface area contributed by atoms with Crippen LogP contribution in [0.25, 0.3) is 0 Å². The smallest absolute Gasteiger partial charge is 0.306 e. The summed E-state index contributed by atoms with van der Waals surface area (Å²) in [7, 11) is 0. The molecule has 0 saturated heterocycles. The largest absolute Gasteiger partial charge is 0.457 e. The third-order valence-corrected chi connectivity index (χ3v) is 5.21. The standard InChI is InChI=1S/C17H21ClO3/c1-2-15(20)21-16-14-4-3-12(18)9-11(14)10-17(16)7-5-13(19)6-8-17/h3-4,9,13,16,19H,2,5-8,10H2,1H3. The van der Waals surface area contributed by atoms with Gasteiger partial charge in [0.05, 0.1) is 6.10 Å². The van der Waals surface area contributed by atoms with E-state index in [2.05, 4.69) is 0 Å². The fourth-order valence-corrected chi connectivity index (χ4v) is 4.00. The molecule has 114 valence electrons. The molecule has 3 nitrogen and oxygen atoms in total. The molecule has 1 N–H and O–H groups in total. The van der Waals surface area contributed by atoms with Crippen LogP contribution in [-0.2, 0) is 16.0 Å². The highest BCUT2D eigenvalue weighted by molar-refractivity contribution is 6.30. The minimum atomic E-state index is -0.217. The van der Waals surface area contributed by atoms with E-state index in [-0.39, 0.29) is 23.6 Å². The van der Waals surface area contributed by atoms with Crippen LogP contribution >= 0.6 is 11.6 Å². The molecule has 0 bridgehead atoms. The molecule has 1 aromatic carbocycles. The van der Waals surface area contributed by atoms with Gasteiger partial charge in [-0.1, -0.05) is 24.6 Å². The minimum Gasteiger partial charge on any atom is -0.457 e. The third-order valence-electron chi connectivity index (χ3n) is 4.98. The van der Waals surface area contributed by atoms with Crippen molar-refractivity contribution < 1.29 is 14.6 Å². The van der Waals surface area contributed by atoms with Gasteiger partial charge in [-0.2, -0.15) is 0 Å². The maximum Gasteiger partial charge on any atom is 0.306 e. The van der Waals surface area contributed by atoms with E-state index in [0.717, 1.165) is 42.7 Å². The predicted octanol–water partition coefficient (Wildman–Crippen LogP) is 3.81. The van der Waals surface area contributed by atoms with E-state index < -0.39 is 0 Å². The molecule has 2 aliphatic rings. The molecule has 1 atom stereocenters. The Kier molecular flexibility index (Phi) is 3.98. The number of hydrogen-bond donors (Lipinski definition) is 1. The first kappa shape index (κ1) is 14.9. The lowest BCUT2D eigenvalue weighted by atomic mass is 9.69. The molecule has 1 fully saturated rings. The molecule has 0 radical (unpaired) electrons. The van der Waals surface area contributed by atoms with Crippen molar-refractivity contribution in [2.24, 2.45) is 5.41 Å². The first-order chi connectivity index (χ1) is 10.0. The summed E-state index contributed by atoms with van der Waals surface area (Å²) in [6.45, 7) is 1.82. The van der Waals surface area contributed by atoms with Crippen molar-refractivity contribution in [2.75, 3.05) is 0 Å². The van der Waals surface area contributed by atoms with Gasteiger partial charge in [0.1, 0.15) is 6.10 Å². The van der Waals surface area contributed by atoms with Gasteiger partial charge in [0.2, 0.25) is 0 Å². The van der Waals surface area contributed by atoms with Crippen molar-refractivity contribution in [3.63, 3.8) is 0 Å². The Morgan fingerprint density at radius 1 is 1.43 bits per heavy atom. The van der Waals surface area contributed by atoms with Gasteiger partial charge in [-0.25, -0.2) is 0 Å². The number of carbonyl (C=O) groups excluding carboxylic acids is 1. The number of halogens is 1. The van der Waals surface area contributed by atoms with Crippen LogP contribution in [0.1, 0.15) is 56.3 Å². The maximum absolute atomic E-state index is 11.8. The normalized spacial score (nSPS) is 31.2. The number of aliphatic hydroxyl groups excluding tert-OH is 1. The number of hydrogen-bond acceptors (Lipinski definition) is 3. The second kappa shape index (κ2) is 5.62. The number of rotatable bonds is 2. The van der Waals surface area contributed by atoms with Crippen LogP contribution < -0.4 is 0 Å². The number of benzene rings is 1. The van der Waals surface area contributed by atoms with Crippen LogP contribution in [0.5, 0.6) is 0 Å². The Morgan fingerprint density at radius 3 is 2.81 bits per heavy atom. The van der Waals surface area contributed by atoms with Gasteiger partial charge in [-0.05, 0) is 55.4 Å². The molecule has 1 spiro atoms. The van der Waals surface area contributed by atoms with E-state index in [0.29, 0.717) is 6.42 Å². The van der Waals surface area contributed by atoms with Gasteiger partial charge in [-0.15, -0.1) is 0 Å². The minimum absolute atomic E-state index is 0.0585. The quantitative estimate of drug-likeness (QED) is 0.845. The van der Waals surface area contributed by atoms with Crippen LogP contribution in [0.15, 0.2) is 18.2 Å². The molecule has 2 aliphatic carbocycles. The number of carbonyl (C=O) groups is 1. The summed E-state index contributed by atoms with van der Waals surface area (Å²) >= 11 is 6.11. The number of ether oxygens (including phenoxy) is 1. The molecule has 21 heavy (non-hydrogen) atoms. The molecule has 4 heteroatoms. The summed E-state index contributed by atoms with van der Waals surface area (Å²) in [5.41, 5.74) is 2.22. The van der Waals surface area contributed by atoms with Crippen molar-refractivity contribution in [1.82, 2.24) is 0 Å². The van der Waals surface area contributed by atoms with Crippen LogP contribution in [0.3, 0.4) is 0 Å². The Balaban J connectivity index is 1.95. The Bertz CT molecular complexity index is 547. The van der Waals surface area contributed by atoms with Gasteiger partial charge < -0.3 is 9.84 Å². The Hall–Kier alpha value is -1.06. The Labute approximate surface area is 130 Å². The zero-order valence-electron chi connectivity index (χ0n) is 12.3. The van der Waals surface area contributed by atoms with E-state index in [1.807, 2.05) is 25.1 Å². The summed E-state index contributed by atoms with van der Waals surface area (Å²) in [5.74, 6) is -0.159. The number of fused-ring (bicyclic) bond motifs is 1. The van der Waals surface area contributed by atoms with E-state index in [9.17, 15) is 9.90 Å². The number of aliphatic hydroxyl groups is 1. The SMILES string of the molecule is CCC(=O)OC1c2ccc(Cl)cc2CC12CCC(O)CC2. The third kappa shape index (κ3) is 2.69. The van der Waals surface area contributed by atoms with Crippen molar-refractivity contribution in [3.05, 3.63) is 34.3 Å². The zero-order chi connectivity index (χ0) is 15.0. The molecule has 3 rings (SSSR count). The monoisotopic (exact) mass is 308 g/mol. The van der Waals surface area contributed by atoms with E-state index in [4.69, 9.17) is 16.3 Å². The van der Waals surface area contributed by atoms with Gasteiger partial charge in [0.25, 0.3) is 0 Å². The first-order valence-electron chi connectivity index (χ1n) is 7.70. The van der Waals surface area contributed by atoms with Crippen molar-refractivity contribution in [3.8, 4) is 0 Å². The second-order valence-electron chi connectivity index (χ2n) is 6.34. The van der Waals surface area contributed by atoms with Gasteiger partial charge in [-0.3, -0.25) is 4.79 Å². The van der Waals surface area contributed by atoms with Crippen molar-refractivity contribution in [2.45, 2.75) is 57.7 Å². The van der Waals surface area contributed by atoms with Crippen molar-refractivity contribution in [1.29, 1.82) is 0 Å². The molecular weight excluding hydrogens is 288 g/mol. The highest BCUT2D eigenvalue weighted by Crippen LogP contribution is 2.56. The van der Waals surface area contributed by atoms with E-state index in [1.54, 1.807) is 0 Å². The lowest BCUT2D eigenvalue weighted by Crippen LogP contribution is -2.35. The molecular formula is C17H21ClO3. The second-order valence-corrected chi connectivity index (χ2v) is 6.77. The average molecular weight is 309 g/mol. The van der Waals surface area contributed by atoms with Gasteiger partial charge >= 0.3 is 5.97 Å². The Morgan fingerprint density at radius 2 is 2.14 bits per heavy atom. The predicted molar refractivity (Wildman–Crippen MR) is 81.2 cm³/mol. The maximum atomic E-state index is 11.8. The molecule has 0 aromatic heterocycles. The summed E-state index contributed by atoms with van der Waals surface area (Å²) < 4.78 is 5.79. The lowest BCUT2D eigenvalue weighted by molar-refractivity contribution is -0.158. The average Bonchev–Trinajstić information content (AvgIpc) is 2.75. The molecule has 0 aliphatic heterocycles. The first-order valence-corrected chi connectivity index (χ1v) is 8.08. The van der Waals surface area contributed by atoms with Gasteiger partial charge in [0, 0.05) is 16.9 Å². The summed E-state index contributed by atoms with van der Waals surface area (Å²) in [5, 5.41) is 10.5. The number of esters is 1. The van der Waals surface area contributed by atoms with Gasteiger partial charge in [0.15, 0.2) is 0 Å². The summed E-state index contributed by atoms with van der Waals surface area (Å²) in [4.78, 5) is 11.8. The zero-order valence-corrected chi connectivity index (χ0v) is 13.0. The van der Waals surface area contributed by atoms with Crippen LogP contribution in [0, 0.1) is 5.41 Å². The highest BCUT2D eigenvalue weighted by atomic mass is 35.5. The highest BCUT2D eigenvalue weighted by Gasteiger charge is 2.49. The van der Waals surface area contributed by atoms with Crippen LogP contribution in [0.4, 0.5) is 0 Å². The topological polar surface area (TPSA) is 46.5 Å².